The maximum absolute atomic E-state index is 12.8. The molecule has 2 amide bonds. The SMILES string of the molecule is CC(=O)N1CCN(S(=O)(=O)c2ccc(C(=O)NCc3c(C)noc3C)cc2)CC1. The summed E-state index contributed by atoms with van der Waals surface area (Å²) in [5.74, 6) is 0.270. The zero-order chi connectivity index (χ0) is 21.2. The summed E-state index contributed by atoms with van der Waals surface area (Å²) in [6.45, 7) is 6.57. The summed E-state index contributed by atoms with van der Waals surface area (Å²) in [4.78, 5) is 25.5. The monoisotopic (exact) mass is 420 g/mol. The topological polar surface area (TPSA) is 113 Å². The Kier molecular flexibility index (Phi) is 6.04. The summed E-state index contributed by atoms with van der Waals surface area (Å²) in [5, 5.41) is 6.63. The summed E-state index contributed by atoms with van der Waals surface area (Å²) in [6.07, 6.45) is 0. The van der Waals surface area contributed by atoms with E-state index in [1.165, 1.54) is 35.5 Å². The van der Waals surface area contributed by atoms with Gasteiger partial charge in [0.15, 0.2) is 0 Å². The van der Waals surface area contributed by atoms with Crippen molar-refractivity contribution in [2.75, 3.05) is 26.2 Å². The fourth-order valence-electron chi connectivity index (χ4n) is 3.20. The van der Waals surface area contributed by atoms with Crippen LogP contribution in [-0.4, -0.2) is 60.8 Å². The lowest BCUT2D eigenvalue weighted by Gasteiger charge is -2.33. The molecule has 0 bridgehead atoms. The van der Waals surface area contributed by atoms with E-state index in [0.29, 0.717) is 30.1 Å². The number of hydrogen-bond acceptors (Lipinski definition) is 6. The van der Waals surface area contributed by atoms with Crippen molar-refractivity contribution < 1.29 is 22.5 Å². The first-order valence-corrected chi connectivity index (χ1v) is 10.7. The van der Waals surface area contributed by atoms with Crippen LogP contribution in [0.2, 0.25) is 0 Å². The van der Waals surface area contributed by atoms with Gasteiger partial charge in [-0.2, -0.15) is 4.31 Å². The Labute approximate surface area is 169 Å². The Morgan fingerprint density at radius 1 is 1.10 bits per heavy atom. The van der Waals surface area contributed by atoms with Crippen molar-refractivity contribution in [1.82, 2.24) is 19.7 Å². The number of sulfonamides is 1. The van der Waals surface area contributed by atoms with E-state index < -0.39 is 10.0 Å². The lowest BCUT2D eigenvalue weighted by atomic mass is 10.2. The number of amides is 2. The van der Waals surface area contributed by atoms with Gasteiger partial charge in [0.1, 0.15) is 5.76 Å². The number of nitrogens with one attached hydrogen (secondary N) is 1. The molecule has 10 heteroatoms. The van der Waals surface area contributed by atoms with E-state index in [1.54, 1.807) is 18.7 Å². The van der Waals surface area contributed by atoms with Gasteiger partial charge in [0, 0.05) is 50.8 Å². The first-order chi connectivity index (χ1) is 13.7. The molecule has 0 aliphatic carbocycles. The number of hydrogen-bond donors (Lipinski definition) is 1. The zero-order valence-electron chi connectivity index (χ0n) is 16.6. The molecule has 1 N–H and O–H groups in total. The molecule has 1 aromatic heterocycles. The number of carbonyl (C=O) groups excluding carboxylic acids is 2. The second-order valence-corrected chi connectivity index (χ2v) is 8.86. The van der Waals surface area contributed by atoms with Crippen molar-refractivity contribution in [2.24, 2.45) is 0 Å². The van der Waals surface area contributed by atoms with E-state index >= 15 is 0 Å². The van der Waals surface area contributed by atoms with Gasteiger partial charge in [0.05, 0.1) is 10.6 Å². The number of carbonyl (C=O) groups is 2. The molecule has 2 heterocycles. The quantitative estimate of drug-likeness (QED) is 0.774. The van der Waals surface area contributed by atoms with Crippen molar-refractivity contribution in [3.63, 3.8) is 0 Å². The number of benzene rings is 1. The molecule has 3 rings (SSSR count). The third-order valence-corrected chi connectivity index (χ3v) is 6.96. The van der Waals surface area contributed by atoms with Gasteiger partial charge in [-0.15, -0.1) is 0 Å². The average Bonchev–Trinajstić information content (AvgIpc) is 3.03. The lowest BCUT2D eigenvalue weighted by Crippen LogP contribution is -2.49. The van der Waals surface area contributed by atoms with E-state index in [-0.39, 0.29) is 36.3 Å². The molecule has 29 heavy (non-hydrogen) atoms. The third-order valence-electron chi connectivity index (χ3n) is 5.05. The Morgan fingerprint density at radius 2 is 1.72 bits per heavy atom. The van der Waals surface area contributed by atoms with Gasteiger partial charge in [0.25, 0.3) is 5.91 Å². The number of nitrogens with zero attached hydrogens (tertiary/aromatic N) is 3. The molecule has 156 valence electrons. The molecule has 0 unspecified atom stereocenters. The van der Waals surface area contributed by atoms with E-state index in [0.717, 1.165) is 5.56 Å². The van der Waals surface area contributed by atoms with E-state index in [1.807, 2.05) is 0 Å². The van der Waals surface area contributed by atoms with Gasteiger partial charge in [-0.1, -0.05) is 5.16 Å². The van der Waals surface area contributed by atoms with Crippen LogP contribution in [0, 0.1) is 13.8 Å². The fraction of sp³-hybridized carbons (Fsp3) is 0.421. The lowest BCUT2D eigenvalue weighted by molar-refractivity contribution is -0.129. The Bertz CT molecular complexity index is 986. The van der Waals surface area contributed by atoms with E-state index in [2.05, 4.69) is 10.5 Å². The Morgan fingerprint density at radius 3 is 2.24 bits per heavy atom. The number of aryl methyl sites for hydroxylation is 2. The molecule has 9 nitrogen and oxygen atoms in total. The van der Waals surface area contributed by atoms with Crippen molar-refractivity contribution >= 4 is 21.8 Å². The van der Waals surface area contributed by atoms with Crippen molar-refractivity contribution in [3.05, 3.63) is 46.8 Å². The van der Waals surface area contributed by atoms with Crippen molar-refractivity contribution in [3.8, 4) is 0 Å². The predicted molar refractivity (Wildman–Crippen MR) is 105 cm³/mol. The van der Waals surface area contributed by atoms with Gasteiger partial charge in [-0.05, 0) is 38.1 Å². The van der Waals surface area contributed by atoms with Crippen LogP contribution in [0.15, 0.2) is 33.7 Å². The van der Waals surface area contributed by atoms with Crippen LogP contribution >= 0.6 is 0 Å². The Balaban J connectivity index is 1.64. The number of piperazine rings is 1. The van der Waals surface area contributed by atoms with Crippen LogP contribution in [0.4, 0.5) is 0 Å². The van der Waals surface area contributed by atoms with Gasteiger partial charge < -0.3 is 14.7 Å². The van der Waals surface area contributed by atoms with Crippen LogP contribution < -0.4 is 5.32 Å². The summed E-state index contributed by atoms with van der Waals surface area (Å²) in [5.41, 5.74) is 1.90. The molecule has 0 radical (unpaired) electrons. The highest BCUT2D eigenvalue weighted by molar-refractivity contribution is 7.89. The Hall–Kier alpha value is -2.72. The van der Waals surface area contributed by atoms with Gasteiger partial charge >= 0.3 is 0 Å². The molecule has 0 atom stereocenters. The van der Waals surface area contributed by atoms with Crippen molar-refractivity contribution in [2.45, 2.75) is 32.2 Å². The van der Waals surface area contributed by atoms with Crippen LogP contribution in [0.1, 0.15) is 34.3 Å². The molecular formula is C19H24N4O5S. The summed E-state index contributed by atoms with van der Waals surface area (Å²) >= 11 is 0. The highest BCUT2D eigenvalue weighted by Crippen LogP contribution is 2.19. The predicted octanol–water partition coefficient (Wildman–Crippen LogP) is 1.07. The average molecular weight is 420 g/mol. The second kappa shape index (κ2) is 8.34. The molecule has 1 saturated heterocycles. The van der Waals surface area contributed by atoms with Gasteiger partial charge in [-0.3, -0.25) is 9.59 Å². The summed E-state index contributed by atoms with van der Waals surface area (Å²) < 4.78 is 32.0. The van der Waals surface area contributed by atoms with Crippen LogP contribution in [-0.2, 0) is 21.4 Å². The number of rotatable bonds is 5. The minimum absolute atomic E-state index is 0.0611. The normalized spacial score (nSPS) is 15.3. The zero-order valence-corrected chi connectivity index (χ0v) is 17.5. The second-order valence-electron chi connectivity index (χ2n) is 6.92. The minimum atomic E-state index is -3.67. The highest BCUT2D eigenvalue weighted by Gasteiger charge is 2.29. The van der Waals surface area contributed by atoms with Crippen molar-refractivity contribution in [1.29, 1.82) is 0 Å². The molecule has 1 fully saturated rings. The maximum Gasteiger partial charge on any atom is 0.251 e. The van der Waals surface area contributed by atoms with Crippen LogP contribution in [0.25, 0.3) is 0 Å². The van der Waals surface area contributed by atoms with Gasteiger partial charge in [0.2, 0.25) is 15.9 Å². The smallest absolute Gasteiger partial charge is 0.251 e. The third kappa shape index (κ3) is 4.48. The number of aromatic nitrogens is 1. The fourth-order valence-corrected chi connectivity index (χ4v) is 4.62. The molecule has 2 aromatic rings. The molecular weight excluding hydrogens is 396 g/mol. The van der Waals surface area contributed by atoms with Crippen LogP contribution in [0.3, 0.4) is 0 Å². The van der Waals surface area contributed by atoms with E-state index in [4.69, 9.17) is 4.52 Å². The molecule has 0 spiro atoms. The van der Waals surface area contributed by atoms with Gasteiger partial charge in [-0.25, -0.2) is 8.42 Å². The minimum Gasteiger partial charge on any atom is -0.361 e. The molecule has 1 aliphatic rings. The molecule has 1 aromatic carbocycles. The van der Waals surface area contributed by atoms with Crippen LogP contribution in [0.5, 0.6) is 0 Å². The largest absolute Gasteiger partial charge is 0.361 e. The molecule has 1 aliphatic heterocycles. The standard InChI is InChI=1S/C19H24N4O5S/c1-13-18(14(2)28-21-13)12-20-19(25)16-4-6-17(7-5-16)29(26,27)23-10-8-22(9-11-23)15(3)24/h4-7H,8-12H2,1-3H3,(H,20,25). The summed E-state index contributed by atoms with van der Waals surface area (Å²) in [7, 11) is -3.67. The first-order valence-electron chi connectivity index (χ1n) is 9.26. The highest BCUT2D eigenvalue weighted by atomic mass is 32.2. The first kappa shape index (κ1) is 21.0. The maximum atomic E-state index is 12.8. The molecule has 0 saturated carbocycles. The summed E-state index contributed by atoms with van der Waals surface area (Å²) in [6, 6.07) is 5.83. The van der Waals surface area contributed by atoms with E-state index in [9.17, 15) is 18.0 Å².